The van der Waals surface area contributed by atoms with Crippen LogP contribution in [0.25, 0.3) is 0 Å². The Hall–Kier alpha value is -4.51. The zero-order valence-corrected chi connectivity index (χ0v) is 29.5. The molecule has 1 aromatic carbocycles. The van der Waals surface area contributed by atoms with Crippen LogP contribution in [0.1, 0.15) is 55.7 Å². The van der Waals surface area contributed by atoms with Crippen LogP contribution in [0.5, 0.6) is 0 Å². The van der Waals surface area contributed by atoms with Gasteiger partial charge in [-0.15, -0.1) is 5.10 Å². The second kappa shape index (κ2) is 27.6. The molecule has 2 aromatic rings. The number of urea groups is 1. The van der Waals surface area contributed by atoms with E-state index in [1.54, 1.807) is 7.05 Å². The quantitative estimate of drug-likeness (QED) is 0.0744. The summed E-state index contributed by atoms with van der Waals surface area (Å²) in [4.78, 5) is 66.3. The molecule has 1 heterocycles. The Balaban J connectivity index is 0. The fourth-order valence-corrected chi connectivity index (χ4v) is 3.33. The predicted octanol–water partition coefficient (Wildman–Crippen LogP) is -1.17. The summed E-state index contributed by atoms with van der Waals surface area (Å²) in [6, 6.07) is 4.28. The first-order chi connectivity index (χ1) is 22.8. The number of nitrogens with two attached hydrogens (primary N) is 1. The van der Waals surface area contributed by atoms with Gasteiger partial charge in [0.15, 0.2) is 5.52 Å². The third-order valence-electron chi connectivity index (χ3n) is 5.76. The van der Waals surface area contributed by atoms with E-state index >= 15 is 0 Å². The summed E-state index contributed by atoms with van der Waals surface area (Å²) in [6.07, 6.45) is 2.87. The number of anilines is 1. The van der Waals surface area contributed by atoms with Crippen LogP contribution in [0.15, 0.2) is 24.4 Å². The summed E-state index contributed by atoms with van der Waals surface area (Å²) in [5.41, 5.74) is 5.91. The number of nitrogens with one attached hydrogen (secondary N) is 6. The van der Waals surface area contributed by atoms with E-state index in [0.29, 0.717) is 42.4 Å². The fraction of sp³-hybridized carbons (Fsp3) is 0.517. The van der Waals surface area contributed by atoms with Gasteiger partial charge >= 0.3 is 6.03 Å². The first-order valence-electron chi connectivity index (χ1n) is 14.9. The molecule has 0 saturated carbocycles. The number of aliphatic hydroxyl groups is 2. The molecule has 18 nitrogen and oxygen atoms in total. The van der Waals surface area contributed by atoms with Crippen molar-refractivity contribution in [1.29, 1.82) is 0 Å². The Bertz CT molecular complexity index is 1280. The molecule has 0 aliphatic carbocycles. The maximum Gasteiger partial charge on any atom is 0.312 e. The van der Waals surface area contributed by atoms with E-state index in [1.807, 2.05) is 23.1 Å². The Morgan fingerprint density at radius 1 is 1.06 bits per heavy atom. The summed E-state index contributed by atoms with van der Waals surface area (Å²) >= 11 is 0. The number of primary amides is 1. The lowest BCUT2D eigenvalue weighted by molar-refractivity contribution is -0.121. The molecule has 19 heteroatoms. The molecule has 0 spiro atoms. The Kier molecular flexibility index (Phi) is 26.2. The molecule has 2 atom stereocenters. The van der Waals surface area contributed by atoms with Crippen molar-refractivity contribution >= 4 is 50.6 Å². The highest BCUT2D eigenvalue weighted by atomic mass is 31.0. The molecular formula is C29H51N10O8P. The number of hydrogen-bond donors (Lipinski definition) is 9. The molecule has 0 aliphatic heterocycles. The van der Waals surface area contributed by atoms with Crippen molar-refractivity contribution < 1.29 is 39.0 Å². The van der Waals surface area contributed by atoms with Crippen LogP contribution >= 0.6 is 9.24 Å². The van der Waals surface area contributed by atoms with Crippen LogP contribution in [0.4, 0.5) is 10.5 Å². The van der Waals surface area contributed by atoms with Crippen molar-refractivity contribution in [3.05, 3.63) is 41.2 Å². The van der Waals surface area contributed by atoms with Gasteiger partial charge in [0.2, 0.25) is 18.2 Å². The highest BCUT2D eigenvalue weighted by Gasteiger charge is 2.14. The molecule has 48 heavy (non-hydrogen) atoms. The van der Waals surface area contributed by atoms with Gasteiger partial charge < -0.3 is 47.8 Å². The zero-order valence-electron chi connectivity index (χ0n) is 28.3. The van der Waals surface area contributed by atoms with Crippen molar-refractivity contribution in [3.8, 4) is 0 Å². The molecule has 0 saturated heterocycles. The summed E-state index contributed by atoms with van der Waals surface area (Å²) < 4.78 is 1.35. The number of amides is 6. The van der Waals surface area contributed by atoms with Crippen molar-refractivity contribution in [2.45, 2.75) is 59.9 Å². The van der Waals surface area contributed by atoms with E-state index in [2.05, 4.69) is 56.1 Å². The number of aliphatic hydroxyl groups excluding tert-OH is 2. The van der Waals surface area contributed by atoms with E-state index < -0.39 is 17.8 Å². The molecule has 0 aliphatic rings. The lowest BCUT2D eigenvalue weighted by atomic mass is 10.1. The lowest BCUT2D eigenvalue weighted by Crippen LogP contribution is -2.40. The number of carbonyl (C=O) groups is 6. The van der Waals surface area contributed by atoms with E-state index in [1.165, 1.54) is 29.1 Å². The third kappa shape index (κ3) is 22.1. The van der Waals surface area contributed by atoms with Gasteiger partial charge in [-0.1, -0.05) is 41.3 Å². The van der Waals surface area contributed by atoms with E-state index in [-0.39, 0.29) is 49.3 Å². The van der Waals surface area contributed by atoms with Crippen molar-refractivity contribution in [1.82, 2.24) is 41.6 Å². The number of likely N-dealkylation sites (N-methyl/N-ethyl adjacent to an activating group) is 1. The van der Waals surface area contributed by atoms with E-state index in [0.717, 1.165) is 13.5 Å². The number of nitrogens with zero attached hydrogens (tertiary/aromatic N) is 3. The number of aromatic nitrogens is 3. The molecular weight excluding hydrogens is 647 g/mol. The second-order valence-corrected chi connectivity index (χ2v) is 10.7. The highest BCUT2D eigenvalue weighted by molar-refractivity contribution is 7.39. The standard InChI is InChI=1S/C16H19N6O5P.C8H18N2O.C4H10N2O.CH4O/c23-8-10-1-2-11(19-14(25)5-17-9-24)3-13(10)16(27)18-4-12-6-22(21-20-12)7-15(26)28;1-6(2)7(3)10-8(11)5-9-4;1-2-3-6-4(5)7;1-2/h1-3,6,9,23H,4-5,7-8,28H2,(H,17,24)(H,18,27)(H,19,25);6-7,9H,5H2,1-4H3,(H,10,11);2-3H2,1H3,(H3,5,6,7);2H,1H3. The van der Waals surface area contributed by atoms with Gasteiger partial charge in [0.1, 0.15) is 12.2 Å². The SMILES string of the molecule is CCCNC(N)=O.CNCC(=O)NC(C)C(C)C.CO.O=CNCC(=O)Nc1ccc(CO)c(C(=O)NCc2cn(CC(=O)P)nn2)c1. The van der Waals surface area contributed by atoms with Gasteiger partial charge in [0.25, 0.3) is 5.91 Å². The zero-order chi connectivity index (χ0) is 37.1. The molecule has 1 aromatic heterocycles. The second-order valence-electron chi connectivity index (χ2n) is 10.1. The first kappa shape index (κ1) is 45.6. The Morgan fingerprint density at radius 2 is 1.73 bits per heavy atom. The van der Waals surface area contributed by atoms with Crippen LogP contribution in [-0.2, 0) is 38.9 Å². The average molecular weight is 699 g/mol. The molecule has 2 rings (SSSR count). The smallest absolute Gasteiger partial charge is 0.312 e. The first-order valence-corrected chi connectivity index (χ1v) is 15.4. The average Bonchev–Trinajstić information content (AvgIpc) is 3.49. The van der Waals surface area contributed by atoms with Crippen LogP contribution in [0, 0.1) is 5.92 Å². The minimum absolute atomic E-state index is 0.0565. The minimum Gasteiger partial charge on any atom is -0.400 e. The van der Waals surface area contributed by atoms with Crippen LogP contribution < -0.4 is 37.6 Å². The fourth-order valence-electron chi connectivity index (χ4n) is 3.15. The Morgan fingerprint density at radius 3 is 2.23 bits per heavy atom. The van der Waals surface area contributed by atoms with Gasteiger partial charge in [-0.3, -0.25) is 24.0 Å². The molecule has 0 bridgehead atoms. The number of carbonyl (C=O) groups excluding carboxylic acids is 6. The number of hydrogen-bond acceptors (Lipinski definition) is 11. The maximum absolute atomic E-state index is 12.5. The van der Waals surface area contributed by atoms with Crippen molar-refractivity contribution in [3.63, 3.8) is 0 Å². The van der Waals surface area contributed by atoms with E-state index in [4.69, 9.17) is 10.8 Å². The van der Waals surface area contributed by atoms with Crippen molar-refractivity contribution in [2.75, 3.05) is 39.1 Å². The third-order valence-corrected chi connectivity index (χ3v) is 5.95. The molecule has 2 unspecified atom stereocenters. The number of benzene rings is 1. The highest BCUT2D eigenvalue weighted by Crippen LogP contribution is 2.16. The maximum atomic E-state index is 12.5. The van der Waals surface area contributed by atoms with Gasteiger partial charge in [-0.25, -0.2) is 9.48 Å². The number of rotatable bonds is 16. The lowest BCUT2D eigenvalue weighted by Gasteiger charge is -2.16. The minimum atomic E-state index is -0.483. The normalized spacial score (nSPS) is 10.3. The molecule has 0 radical (unpaired) electrons. The largest absolute Gasteiger partial charge is 0.400 e. The van der Waals surface area contributed by atoms with Crippen LogP contribution in [0.2, 0.25) is 0 Å². The molecule has 6 amide bonds. The molecule has 10 N–H and O–H groups in total. The Labute approximate surface area is 282 Å². The van der Waals surface area contributed by atoms with Crippen LogP contribution in [0.3, 0.4) is 0 Å². The van der Waals surface area contributed by atoms with Gasteiger partial charge in [0, 0.05) is 30.9 Å². The molecule has 270 valence electrons. The monoisotopic (exact) mass is 698 g/mol. The van der Waals surface area contributed by atoms with Crippen molar-refractivity contribution in [2.24, 2.45) is 11.7 Å². The summed E-state index contributed by atoms with van der Waals surface area (Å²) in [5, 5.41) is 39.6. The summed E-state index contributed by atoms with van der Waals surface area (Å²) in [5.74, 6) is -0.386. The predicted molar refractivity (Wildman–Crippen MR) is 183 cm³/mol. The van der Waals surface area contributed by atoms with Gasteiger partial charge in [-0.2, -0.15) is 0 Å². The summed E-state index contributed by atoms with van der Waals surface area (Å²) in [6.45, 7) is 8.78. The van der Waals surface area contributed by atoms with Gasteiger partial charge in [-0.05, 0) is 44.0 Å². The topological polar surface area (TPSA) is 272 Å². The van der Waals surface area contributed by atoms with E-state index in [9.17, 15) is 33.9 Å². The van der Waals surface area contributed by atoms with Crippen LogP contribution in [-0.4, -0.2) is 101 Å². The summed E-state index contributed by atoms with van der Waals surface area (Å²) in [7, 11) is 4.80. The van der Waals surface area contributed by atoms with Gasteiger partial charge in [0.05, 0.1) is 32.4 Å². The molecule has 0 fully saturated rings.